The highest BCUT2D eigenvalue weighted by Gasteiger charge is 2.31. The molecule has 0 aliphatic carbocycles. The van der Waals surface area contributed by atoms with Gasteiger partial charge in [-0.3, -0.25) is 9.59 Å². The van der Waals surface area contributed by atoms with Crippen molar-refractivity contribution in [2.75, 3.05) is 27.2 Å². The van der Waals surface area contributed by atoms with E-state index >= 15 is 0 Å². The first-order valence-electron chi connectivity index (χ1n) is 4.22. The molecule has 0 aromatic carbocycles. The predicted octanol–water partition coefficient (Wildman–Crippen LogP) is -1.02. The van der Waals surface area contributed by atoms with E-state index in [2.05, 4.69) is 10.1 Å². The number of carbonyl (C=O) groups is 2. The van der Waals surface area contributed by atoms with Gasteiger partial charge in [-0.15, -0.1) is 0 Å². The van der Waals surface area contributed by atoms with Crippen molar-refractivity contribution in [1.82, 2.24) is 10.2 Å². The van der Waals surface area contributed by atoms with Gasteiger partial charge in [-0.2, -0.15) is 0 Å². The van der Waals surface area contributed by atoms with Gasteiger partial charge in [0.1, 0.15) is 6.54 Å². The van der Waals surface area contributed by atoms with Crippen LogP contribution in [0.25, 0.3) is 0 Å². The molecule has 13 heavy (non-hydrogen) atoms. The normalized spacial score (nSPS) is 22.2. The molecular weight excluding hydrogens is 172 g/mol. The Balaban J connectivity index is 2.45. The molecule has 1 heterocycles. The minimum atomic E-state index is -0.370. The van der Waals surface area contributed by atoms with Crippen molar-refractivity contribution < 1.29 is 14.3 Å². The van der Waals surface area contributed by atoms with Crippen LogP contribution in [0.5, 0.6) is 0 Å². The van der Waals surface area contributed by atoms with Gasteiger partial charge in [0.25, 0.3) is 0 Å². The molecule has 5 nitrogen and oxygen atoms in total. The predicted molar refractivity (Wildman–Crippen MR) is 46.1 cm³/mol. The highest BCUT2D eigenvalue weighted by Crippen LogP contribution is 2.09. The second-order valence-electron chi connectivity index (χ2n) is 2.97. The third-order valence-electron chi connectivity index (χ3n) is 2.19. The van der Waals surface area contributed by atoms with Gasteiger partial charge < -0.3 is 15.0 Å². The average Bonchev–Trinajstić information content (AvgIpc) is 2.48. The summed E-state index contributed by atoms with van der Waals surface area (Å²) in [5.41, 5.74) is 0. The van der Waals surface area contributed by atoms with Crippen LogP contribution >= 0.6 is 0 Å². The van der Waals surface area contributed by atoms with Gasteiger partial charge >= 0.3 is 5.97 Å². The zero-order valence-electron chi connectivity index (χ0n) is 7.87. The Hall–Kier alpha value is -1.10. The van der Waals surface area contributed by atoms with Crippen LogP contribution in [0.1, 0.15) is 6.42 Å². The van der Waals surface area contributed by atoms with Gasteiger partial charge in [0.05, 0.1) is 13.2 Å². The van der Waals surface area contributed by atoms with Crippen LogP contribution in [0.3, 0.4) is 0 Å². The first kappa shape index (κ1) is 9.98. The molecule has 0 aromatic rings. The van der Waals surface area contributed by atoms with Crippen molar-refractivity contribution in [3.63, 3.8) is 0 Å². The number of hydrogen-bond acceptors (Lipinski definition) is 4. The van der Waals surface area contributed by atoms with Gasteiger partial charge in [-0.05, 0) is 13.5 Å². The number of hydrogen-bond donors (Lipinski definition) is 1. The summed E-state index contributed by atoms with van der Waals surface area (Å²) in [6.07, 6.45) is 0.756. The number of carbonyl (C=O) groups excluding carboxylic acids is 2. The third-order valence-corrected chi connectivity index (χ3v) is 2.19. The molecule has 0 aromatic heterocycles. The van der Waals surface area contributed by atoms with E-state index in [1.165, 1.54) is 12.0 Å². The van der Waals surface area contributed by atoms with E-state index in [-0.39, 0.29) is 24.5 Å². The average molecular weight is 186 g/mol. The molecule has 1 amide bonds. The number of ether oxygens (including phenoxy) is 1. The van der Waals surface area contributed by atoms with Crippen molar-refractivity contribution in [1.29, 1.82) is 0 Å². The number of nitrogens with one attached hydrogen (secondary N) is 1. The van der Waals surface area contributed by atoms with Crippen LogP contribution in [0.2, 0.25) is 0 Å². The van der Waals surface area contributed by atoms with Crippen molar-refractivity contribution in [3.05, 3.63) is 0 Å². The first-order chi connectivity index (χ1) is 6.19. The van der Waals surface area contributed by atoms with Crippen LogP contribution in [-0.4, -0.2) is 50.1 Å². The van der Waals surface area contributed by atoms with E-state index in [0.717, 1.165) is 6.42 Å². The van der Waals surface area contributed by atoms with Gasteiger partial charge in [-0.25, -0.2) is 0 Å². The van der Waals surface area contributed by atoms with Crippen LogP contribution in [-0.2, 0) is 14.3 Å². The zero-order valence-corrected chi connectivity index (χ0v) is 7.87. The molecule has 1 rings (SSSR count). The molecule has 74 valence electrons. The second kappa shape index (κ2) is 4.23. The standard InChI is InChI=1S/C8H14N2O3/c1-9-6-3-4-10(8(6)12)5-7(11)13-2/h6,9H,3-5H2,1-2H3. The van der Waals surface area contributed by atoms with Crippen molar-refractivity contribution in [2.24, 2.45) is 0 Å². The fourth-order valence-electron chi connectivity index (χ4n) is 1.38. The Morgan fingerprint density at radius 1 is 1.77 bits per heavy atom. The molecule has 0 spiro atoms. The molecule has 0 bridgehead atoms. The Bertz CT molecular complexity index is 217. The van der Waals surface area contributed by atoms with Crippen LogP contribution < -0.4 is 5.32 Å². The van der Waals surface area contributed by atoms with Crippen molar-refractivity contribution in [2.45, 2.75) is 12.5 Å². The summed E-state index contributed by atoms with van der Waals surface area (Å²) in [6, 6.07) is -0.135. The van der Waals surface area contributed by atoms with E-state index in [0.29, 0.717) is 6.54 Å². The smallest absolute Gasteiger partial charge is 0.325 e. The largest absolute Gasteiger partial charge is 0.468 e. The number of methoxy groups -OCH3 is 1. The highest BCUT2D eigenvalue weighted by atomic mass is 16.5. The van der Waals surface area contributed by atoms with E-state index in [1.54, 1.807) is 7.05 Å². The monoisotopic (exact) mass is 186 g/mol. The Kier molecular flexibility index (Phi) is 3.25. The molecule has 1 saturated heterocycles. The summed E-state index contributed by atoms with van der Waals surface area (Å²) in [5.74, 6) is -0.391. The minimum absolute atomic E-state index is 0.0205. The summed E-state index contributed by atoms with van der Waals surface area (Å²) >= 11 is 0. The van der Waals surface area contributed by atoms with Crippen LogP contribution in [0.4, 0.5) is 0 Å². The van der Waals surface area contributed by atoms with Crippen LogP contribution in [0.15, 0.2) is 0 Å². The molecule has 0 radical (unpaired) electrons. The molecule has 1 aliphatic rings. The molecule has 1 atom stereocenters. The van der Waals surface area contributed by atoms with Crippen LogP contribution in [0, 0.1) is 0 Å². The lowest BCUT2D eigenvalue weighted by atomic mass is 10.3. The fraction of sp³-hybridized carbons (Fsp3) is 0.750. The van der Waals surface area contributed by atoms with E-state index in [4.69, 9.17) is 0 Å². The summed E-state index contributed by atoms with van der Waals surface area (Å²) in [7, 11) is 3.06. The van der Waals surface area contributed by atoms with Gasteiger partial charge in [0.2, 0.25) is 5.91 Å². The molecule has 1 N–H and O–H groups in total. The number of amides is 1. The molecule has 5 heteroatoms. The number of nitrogens with zero attached hydrogens (tertiary/aromatic N) is 1. The lowest BCUT2D eigenvalue weighted by Gasteiger charge is -2.14. The number of esters is 1. The maximum Gasteiger partial charge on any atom is 0.325 e. The van der Waals surface area contributed by atoms with Gasteiger partial charge in [-0.1, -0.05) is 0 Å². The highest BCUT2D eigenvalue weighted by molar-refractivity contribution is 5.87. The third kappa shape index (κ3) is 2.18. The fourth-order valence-corrected chi connectivity index (χ4v) is 1.38. The molecule has 1 aliphatic heterocycles. The summed E-state index contributed by atoms with van der Waals surface area (Å²) < 4.78 is 4.48. The quantitative estimate of drug-likeness (QED) is 0.573. The summed E-state index contributed by atoms with van der Waals surface area (Å²) in [6.45, 7) is 0.687. The van der Waals surface area contributed by atoms with Crippen molar-refractivity contribution >= 4 is 11.9 Å². The molecule has 1 unspecified atom stereocenters. The summed E-state index contributed by atoms with van der Waals surface area (Å²) in [5, 5.41) is 2.89. The lowest BCUT2D eigenvalue weighted by Crippen LogP contribution is -2.38. The first-order valence-corrected chi connectivity index (χ1v) is 4.22. The zero-order chi connectivity index (χ0) is 9.84. The molecular formula is C8H14N2O3. The lowest BCUT2D eigenvalue weighted by molar-refractivity contribution is -0.145. The van der Waals surface area contributed by atoms with E-state index in [9.17, 15) is 9.59 Å². The Labute approximate surface area is 77.0 Å². The van der Waals surface area contributed by atoms with Crippen molar-refractivity contribution in [3.8, 4) is 0 Å². The van der Waals surface area contributed by atoms with E-state index < -0.39 is 0 Å². The summed E-state index contributed by atoms with van der Waals surface area (Å²) in [4.78, 5) is 23.8. The second-order valence-corrected chi connectivity index (χ2v) is 2.97. The topological polar surface area (TPSA) is 58.6 Å². The van der Waals surface area contributed by atoms with E-state index in [1.807, 2.05) is 0 Å². The molecule has 1 fully saturated rings. The Morgan fingerprint density at radius 2 is 2.46 bits per heavy atom. The van der Waals surface area contributed by atoms with Gasteiger partial charge in [0.15, 0.2) is 0 Å². The maximum absolute atomic E-state index is 11.4. The number of rotatable bonds is 3. The molecule has 0 saturated carbocycles. The number of likely N-dealkylation sites (N-methyl/N-ethyl adjacent to an activating group) is 1. The SMILES string of the molecule is CNC1CCN(CC(=O)OC)C1=O. The number of likely N-dealkylation sites (tertiary alicyclic amines) is 1. The maximum atomic E-state index is 11.4. The minimum Gasteiger partial charge on any atom is -0.468 e. The van der Waals surface area contributed by atoms with Gasteiger partial charge in [0, 0.05) is 6.54 Å². The Morgan fingerprint density at radius 3 is 2.92 bits per heavy atom.